The van der Waals surface area contributed by atoms with Crippen LogP contribution in [0.2, 0.25) is 6.32 Å². The van der Waals surface area contributed by atoms with E-state index in [1.165, 1.54) is 4.31 Å². The van der Waals surface area contributed by atoms with Crippen molar-refractivity contribution in [1.82, 2.24) is 4.31 Å². The van der Waals surface area contributed by atoms with Gasteiger partial charge in [-0.3, -0.25) is 0 Å². The fourth-order valence-electron chi connectivity index (χ4n) is 1.36. The molecule has 1 aliphatic heterocycles. The van der Waals surface area contributed by atoms with Crippen LogP contribution in [0.25, 0.3) is 0 Å². The number of halogens is 1. The van der Waals surface area contributed by atoms with Gasteiger partial charge >= 0.3 is 0 Å². The van der Waals surface area contributed by atoms with Crippen LogP contribution in [0.3, 0.4) is 0 Å². The Labute approximate surface area is 92.8 Å². The average molecular weight is 238 g/mol. The van der Waals surface area contributed by atoms with Crippen molar-refractivity contribution in [2.45, 2.75) is 33.0 Å². The molecule has 1 rings (SSSR count). The zero-order valence-electron chi connectivity index (χ0n) is 8.74. The molecule has 0 N–H and O–H groups in total. The molecule has 0 unspecified atom stereocenters. The Morgan fingerprint density at radius 2 is 1.79 bits per heavy atom. The van der Waals surface area contributed by atoms with Crippen molar-refractivity contribution in [3.05, 3.63) is 0 Å². The maximum Gasteiger partial charge on any atom is 0.299 e. The minimum Gasteiger partial charge on any atom is -0.195 e. The van der Waals surface area contributed by atoms with Crippen LogP contribution in [0, 0.1) is 5.92 Å². The SMILES string of the molecule is CC.[B]CC1CCN(S(=O)(=O)Cl)CC1. The molecule has 3 nitrogen and oxygen atoms in total. The second-order valence-corrected chi connectivity index (χ2v) is 5.53. The van der Waals surface area contributed by atoms with Crippen LogP contribution >= 0.6 is 10.7 Å². The zero-order valence-corrected chi connectivity index (χ0v) is 10.3. The Kier molecular flexibility index (Phi) is 6.82. The highest BCUT2D eigenvalue weighted by atomic mass is 35.7. The first-order valence-corrected chi connectivity index (χ1v) is 7.20. The van der Waals surface area contributed by atoms with E-state index < -0.39 is 9.24 Å². The molecule has 82 valence electrons. The van der Waals surface area contributed by atoms with Crippen molar-refractivity contribution >= 4 is 27.8 Å². The lowest BCUT2D eigenvalue weighted by Crippen LogP contribution is -2.35. The van der Waals surface area contributed by atoms with Gasteiger partial charge in [-0.25, -0.2) is 0 Å². The molecule has 2 radical (unpaired) electrons. The van der Waals surface area contributed by atoms with Gasteiger partial charge in [-0.1, -0.05) is 20.2 Å². The van der Waals surface area contributed by atoms with Crippen LogP contribution < -0.4 is 0 Å². The fourth-order valence-corrected chi connectivity index (χ4v) is 2.42. The molecule has 14 heavy (non-hydrogen) atoms. The summed E-state index contributed by atoms with van der Waals surface area (Å²) in [4.78, 5) is 0. The van der Waals surface area contributed by atoms with Gasteiger partial charge in [0.15, 0.2) is 0 Å². The van der Waals surface area contributed by atoms with E-state index in [4.69, 9.17) is 18.5 Å². The molecule has 0 aliphatic carbocycles. The molecule has 0 spiro atoms. The van der Waals surface area contributed by atoms with E-state index in [0.29, 0.717) is 25.3 Å². The van der Waals surface area contributed by atoms with Crippen molar-refractivity contribution < 1.29 is 8.42 Å². The second kappa shape index (κ2) is 6.69. The van der Waals surface area contributed by atoms with E-state index in [1.54, 1.807) is 0 Å². The Morgan fingerprint density at radius 3 is 2.07 bits per heavy atom. The van der Waals surface area contributed by atoms with Crippen molar-refractivity contribution in [1.29, 1.82) is 0 Å². The van der Waals surface area contributed by atoms with E-state index in [2.05, 4.69) is 0 Å². The molecule has 0 aromatic rings. The maximum absolute atomic E-state index is 10.8. The second-order valence-electron chi connectivity index (χ2n) is 3.02. The number of rotatable bonds is 2. The third kappa shape index (κ3) is 4.67. The molecule has 1 heterocycles. The molecule has 0 atom stereocenters. The molecular weight excluding hydrogens is 220 g/mol. The topological polar surface area (TPSA) is 37.4 Å². The summed E-state index contributed by atoms with van der Waals surface area (Å²) in [6.07, 6.45) is 2.28. The normalized spacial score (nSPS) is 19.9. The summed E-state index contributed by atoms with van der Waals surface area (Å²) in [7, 11) is 7.13. The summed E-state index contributed by atoms with van der Waals surface area (Å²) in [5.41, 5.74) is 0. The van der Waals surface area contributed by atoms with Crippen LogP contribution in [0.4, 0.5) is 0 Å². The Bertz CT molecular complexity index is 238. The van der Waals surface area contributed by atoms with Gasteiger partial charge in [-0.2, -0.15) is 12.7 Å². The van der Waals surface area contributed by atoms with Crippen molar-refractivity contribution in [3.63, 3.8) is 0 Å². The van der Waals surface area contributed by atoms with Gasteiger partial charge in [-0.15, -0.1) is 0 Å². The minimum absolute atomic E-state index is 0.458. The summed E-state index contributed by atoms with van der Waals surface area (Å²) in [6, 6.07) is 0. The summed E-state index contributed by atoms with van der Waals surface area (Å²) in [5.74, 6) is 0.458. The largest absolute Gasteiger partial charge is 0.299 e. The summed E-state index contributed by atoms with van der Waals surface area (Å²) < 4.78 is 23.0. The highest BCUT2D eigenvalue weighted by molar-refractivity contribution is 8.11. The third-order valence-corrected chi connectivity index (χ3v) is 3.78. The molecule has 0 saturated carbocycles. The lowest BCUT2D eigenvalue weighted by molar-refractivity contribution is 0.292. The van der Waals surface area contributed by atoms with Gasteiger partial charge in [0.05, 0.1) is 7.85 Å². The molecule has 1 saturated heterocycles. The van der Waals surface area contributed by atoms with Gasteiger partial charge < -0.3 is 0 Å². The first-order chi connectivity index (χ1) is 6.54. The van der Waals surface area contributed by atoms with E-state index in [-0.39, 0.29) is 0 Å². The maximum atomic E-state index is 10.8. The van der Waals surface area contributed by atoms with Gasteiger partial charge in [0.2, 0.25) is 0 Å². The van der Waals surface area contributed by atoms with Gasteiger partial charge in [0, 0.05) is 23.8 Å². The molecule has 6 heteroatoms. The quantitative estimate of drug-likeness (QED) is 0.542. The Morgan fingerprint density at radius 1 is 1.36 bits per heavy atom. The standard InChI is InChI=1S/C6H11BClNO2S.C2H6/c7-5-6-1-3-9(4-2-6)12(8,10)11;1-2/h6H,1-5H2;1-2H3. The van der Waals surface area contributed by atoms with Crippen LogP contribution in [0.1, 0.15) is 26.7 Å². The van der Waals surface area contributed by atoms with Crippen LogP contribution in [0.15, 0.2) is 0 Å². The van der Waals surface area contributed by atoms with Gasteiger partial charge in [0.25, 0.3) is 9.24 Å². The Hall–Kier alpha value is 0.265. The Balaban J connectivity index is 0.000000791. The van der Waals surface area contributed by atoms with E-state index in [0.717, 1.165) is 12.8 Å². The van der Waals surface area contributed by atoms with E-state index in [1.807, 2.05) is 13.8 Å². The molecule has 0 aromatic carbocycles. The molecule has 0 bridgehead atoms. The van der Waals surface area contributed by atoms with E-state index in [9.17, 15) is 8.42 Å². The van der Waals surface area contributed by atoms with Crippen LogP contribution in [-0.4, -0.2) is 33.7 Å². The van der Waals surface area contributed by atoms with Crippen LogP contribution in [-0.2, 0) is 9.24 Å². The number of piperidine rings is 1. The van der Waals surface area contributed by atoms with Crippen molar-refractivity contribution in [2.24, 2.45) is 5.92 Å². The molecule has 0 amide bonds. The van der Waals surface area contributed by atoms with Gasteiger partial charge in [0.1, 0.15) is 0 Å². The predicted octanol–water partition coefficient (Wildman–Crippen LogP) is 1.79. The average Bonchev–Trinajstić information content (AvgIpc) is 2.20. The smallest absolute Gasteiger partial charge is 0.195 e. The molecule has 0 aromatic heterocycles. The first-order valence-electron chi connectivity index (χ1n) is 4.94. The summed E-state index contributed by atoms with van der Waals surface area (Å²) in [6.45, 7) is 5.02. The predicted molar refractivity (Wildman–Crippen MR) is 61.0 cm³/mol. The molecular formula is C8H17BClNO2S. The molecule has 1 fully saturated rings. The van der Waals surface area contributed by atoms with Crippen LogP contribution in [0.5, 0.6) is 0 Å². The third-order valence-electron chi connectivity index (χ3n) is 2.22. The summed E-state index contributed by atoms with van der Waals surface area (Å²) in [5, 5.41) is 0. The van der Waals surface area contributed by atoms with E-state index >= 15 is 0 Å². The zero-order chi connectivity index (χ0) is 11.2. The highest BCUT2D eigenvalue weighted by Gasteiger charge is 2.24. The van der Waals surface area contributed by atoms with Crippen molar-refractivity contribution in [3.8, 4) is 0 Å². The number of hydrogen-bond acceptors (Lipinski definition) is 2. The summed E-state index contributed by atoms with van der Waals surface area (Å²) >= 11 is 0. The highest BCUT2D eigenvalue weighted by Crippen LogP contribution is 2.22. The minimum atomic E-state index is -3.49. The first kappa shape index (κ1) is 14.3. The molecule has 1 aliphatic rings. The fraction of sp³-hybridized carbons (Fsp3) is 1.00. The number of nitrogens with zero attached hydrogens (tertiary/aromatic N) is 1. The van der Waals surface area contributed by atoms with Gasteiger partial charge in [-0.05, 0) is 18.8 Å². The van der Waals surface area contributed by atoms with Crippen molar-refractivity contribution in [2.75, 3.05) is 13.1 Å². The lowest BCUT2D eigenvalue weighted by atomic mass is 9.85. The number of hydrogen-bond donors (Lipinski definition) is 0. The monoisotopic (exact) mass is 237 g/mol. The lowest BCUT2D eigenvalue weighted by Gasteiger charge is -2.28.